The molecule has 3 aliphatic rings. The van der Waals surface area contributed by atoms with Gasteiger partial charge in [-0.2, -0.15) is 0 Å². The third-order valence-corrected chi connectivity index (χ3v) is 11.2. The minimum Gasteiger partial charge on any atom is -0.455 e. The summed E-state index contributed by atoms with van der Waals surface area (Å²) < 4.78 is 59.1. The standard InChI is InChI=1S/C34H58FNO11Si/c1-15-23-34(8)28(45-31(40)46-34)20(4)24(37)18(2)17-32(6,41-11)27(21(5)26(38)33(7,35)30(39)43-23)44-29-25(47-48(12,13)14)22(36(9)10)16-19(3)42-29/h18-23,25,27-29H,15-17H2,1-14H3/t18-,19-,20+,21+,22+,23-,25-,27-,28-,29+,32-,33+,34-/m1/s1. The van der Waals surface area contributed by atoms with Gasteiger partial charge in [0.1, 0.15) is 18.0 Å². The molecule has 14 heteroatoms. The molecule has 48 heavy (non-hydrogen) atoms. The highest BCUT2D eigenvalue weighted by atomic mass is 28.4. The molecule has 3 saturated heterocycles. The van der Waals surface area contributed by atoms with Gasteiger partial charge >= 0.3 is 12.1 Å². The van der Waals surface area contributed by atoms with Crippen molar-refractivity contribution in [1.82, 2.24) is 4.90 Å². The summed E-state index contributed by atoms with van der Waals surface area (Å²) in [6.07, 6.45) is -5.65. The quantitative estimate of drug-likeness (QED) is 0.204. The normalized spacial score (nSPS) is 43.7. The Morgan fingerprint density at radius 1 is 0.979 bits per heavy atom. The second kappa shape index (κ2) is 14.7. The van der Waals surface area contributed by atoms with E-state index in [1.54, 1.807) is 27.7 Å². The fourth-order valence-corrected chi connectivity index (χ4v) is 8.66. The molecule has 12 nitrogen and oxygen atoms in total. The summed E-state index contributed by atoms with van der Waals surface area (Å²) in [6.45, 7) is 18.6. The molecule has 0 N–H and O–H groups in total. The van der Waals surface area contributed by atoms with Crippen LogP contribution in [-0.4, -0.2) is 118 Å². The Hall–Kier alpha value is -1.97. The average Bonchev–Trinajstić information content (AvgIpc) is 3.30. The number of cyclic esters (lactones) is 1. The fourth-order valence-electron chi connectivity index (χ4n) is 7.57. The van der Waals surface area contributed by atoms with E-state index >= 15 is 4.39 Å². The van der Waals surface area contributed by atoms with Crippen molar-refractivity contribution >= 4 is 32.0 Å². The number of alkyl halides is 1. The molecule has 0 aromatic rings. The molecule has 0 aliphatic carbocycles. The Balaban J connectivity index is 2.18. The highest BCUT2D eigenvalue weighted by Gasteiger charge is 2.60. The van der Waals surface area contributed by atoms with Gasteiger partial charge in [-0.15, -0.1) is 0 Å². The molecular formula is C34H58FNO11Si. The van der Waals surface area contributed by atoms with E-state index in [0.717, 1.165) is 6.92 Å². The number of carbonyl (C=O) groups excluding carboxylic acids is 4. The summed E-state index contributed by atoms with van der Waals surface area (Å²) in [5.41, 5.74) is -6.13. The van der Waals surface area contributed by atoms with Crippen LogP contribution >= 0.6 is 0 Å². The van der Waals surface area contributed by atoms with Crippen molar-refractivity contribution in [2.45, 2.75) is 154 Å². The van der Waals surface area contributed by atoms with Crippen molar-refractivity contribution in [2.24, 2.45) is 17.8 Å². The minimum absolute atomic E-state index is 0.0385. The SMILES string of the molecule is CC[C@H]1OC(=O)[C@@](C)(F)C(=O)[C@H](C)[C@@H](O[C@@H]2O[C@H](C)C[C@H](N(C)C)[C@H]2O[Si](C)(C)C)[C@](C)(OC)C[C@@H](C)C(=O)[C@H](C)[C@H]2OC(=O)O[C@@]21C. The summed E-state index contributed by atoms with van der Waals surface area (Å²) in [5.74, 6) is -5.72. The van der Waals surface area contributed by atoms with Crippen LogP contribution in [0.4, 0.5) is 9.18 Å². The number of rotatable bonds is 7. The maximum Gasteiger partial charge on any atom is 0.509 e. The first-order valence-electron chi connectivity index (χ1n) is 17.0. The lowest BCUT2D eigenvalue weighted by molar-refractivity contribution is -0.292. The summed E-state index contributed by atoms with van der Waals surface area (Å²) in [4.78, 5) is 56.3. The van der Waals surface area contributed by atoms with Crippen molar-refractivity contribution in [2.75, 3.05) is 21.2 Å². The zero-order chi connectivity index (χ0) is 36.7. The van der Waals surface area contributed by atoms with Crippen molar-refractivity contribution in [1.29, 1.82) is 0 Å². The Morgan fingerprint density at radius 2 is 1.58 bits per heavy atom. The van der Waals surface area contributed by atoms with E-state index in [4.69, 9.17) is 32.8 Å². The van der Waals surface area contributed by atoms with Gasteiger partial charge in [0.2, 0.25) is 0 Å². The molecule has 3 fully saturated rings. The highest BCUT2D eigenvalue weighted by molar-refractivity contribution is 6.69. The van der Waals surface area contributed by atoms with Gasteiger partial charge in [-0.1, -0.05) is 27.7 Å². The fraction of sp³-hybridized carbons (Fsp3) is 0.882. The van der Waals surface area contributed by atoms with Crippen LogP contribution in [0, 0.1) is 17.8 Å². The van der Waals surface area contributed by atoms with Crippen molar-refractivity contribution < 1.29 is 56.4 Å². The zero-order valence-electron chi connectivity index (χ0n) is 31.2. The molecule has 0 bridgehead atoms. The molecule has 0 aromatic carbocycles. The maximum atomic E-state index is 16.6. The molecule has 0 aromatic heterocycles. The van der Waals surface area contributed by atoms with Crippen molar-refractivity contribution in [3.05, 3.63) is 0 Å². The number of likely N-dealkylation sites (N-methyl/N-ethyl adjacent to an activating group) is 1. The Kier molecular flexibility index (Phi) is 12.4. The molecule has 0 saturated carbocycles. The molecule has 0 spiro atoms. The summed E-state index contributed by atoms with van der Waals surface area (Å²) in [5, 5.41) is 0. The summed E-state index contributed by atoms with van der Waals surface area (Å²) >= 11 is 0. The second-order valence-electron chi connectivity index (χ2n) is 15.7. The molecule has 276 valence electrons. The van der Waals surface area contributed by atoms with Gasteiger partial charge in [0.25, 0.3) is 5.67 Å². The first-order chi connectivity index (χ1) is 21.9. The van der Waals surface area contributed by atoms with Gasteiger partial charge in [-0.3, -0.25) is 9.59 Å². The molecular weight excluding hydrogens is 645 g/mol. The summed E-state index contributed by atoms with van der Waals surface area (Å²) in [7, 11) is 3.14. The van der Waals surface area contributed by atoms with E-state index in [-0.39, 0.29) is 30.8 Å². The van der Waals surface area contributed by atoms with Gasteiger partial charge in [0.15, 0.2) is 32.1 Å². The van der Waals surface area contributed by atoms with Gasteiger partial charge in [-0.05, 0) is 80.7 Å². The molecule has 0 amide bonds. The minimum atomic E-state index is -3.13. The lowest BCUT2D eigenvalue weighted by Crippen LogP contribution is -2.62. The van der Waals surface area contributed by atoms with Gasteiger partial charge in [-0.25, -0.2) is 14.0 Å². The van der Waals surface area contributed by atoms with E-state index in [9.17, 15) is 19.2 Å². The smallest absolute Gasteiger partial charge is 0.455 e. The third-order valence-electron chi connectivity index (χ3n) is 10.3. The van der Waals surface area contributed by atoms with E-state index in [2.05, 4.69) is 19.6 Å². The number of esters is 1. The number of halogens is 1. The molecule has 3 aliphatic heterocycles. The predicted octanol–water partition coefficient (Wildman–Crippen LogP) is 4.86. The predicted molar refractivity (Wildman–Crippen MR) is 176 cm³/mol. The van der Waals surface area contributed by atoms with Crippen molar-refractivity contribution in [3.63, 3.8) is 0 Å². The van der Waals surface area contributed by atoms with Crippen LogP contribution in [0.5, 0.6) is 0 Å². The topological polar surface area (TPSA) is 136 Å². The highest BCUT2D eigenvalue weighted by Crippen LogP contribution is 2.42. The number of Topliss-reactive ketones (excluding diaryl/α,β-unsaturated/α-hetero) is 2. The molecule has 0 radical (unpaired) electrons. The second-order valence-corrected chi connectivity index (χ2v) is 20.1. The van der Waals surface area contributed by atoms with Crippen LogP contribution in [0.1, 0.15) is 74.7 Å². The summed E-state index contributed by atoms with van der Waals surface area (Å²) in [6, 6.07) is -0.108. The van der Waals surface area contributed by atoms with Crippen LogP contribution in [0.3, 0.4) is 0 Å². The van der Waals surface area contributed by atoms with Crippen LogP contribution < -0.4 is 0 Å². The number of hydrogen-bond acceptors (Lipinski definition) is 12. The zero-order valence-corrected chi connectivity index (χ0v) is 32.2. The Morgan fingerprint density at radius 3 is 2.10 bits per heavy atom. The lowest BCUT2D eigenvalue weighted by Gasteiger charge is -2.49. The van der Waals surface area contributed by atoms with Crippen LogP contribution in [0.25, 0.3) is 0 Å². The van der Waals surface area contributed by atoms with Crippen LogP contribution in [0.15, 0.2) is 0 Å². The van der Waals surface area contributed by atoms with Gasteiger partial charge in [0, 0.05) is 25.0 Å². The average molecular weight is 704 g/mol. The van der Waals surface area contributed by atoms with E-state index in [0.29, 0.717) is 6.42 Å². The Bertz CT molecular complexity index is 1210. The van der Waals surface area contributed by atoms with Crippen LogP contribution in [0.2, 0.25) is 19.6 Å². The van der Waals surface area contributed by atoms with E-state index in [1.165, 1.54) is 21.0 Å². The first kappa shape index (κ1) is 40.5. The monoisotopic (exact) mass is 703 g/mol. The maximum absolute atomic E-state index is 16.6. The molecule has 3 rings (SSSR count). The molecule has 3 heterocycles. The molecule has 0 unspecified atom stereocenters. The number of nitrogens with zero attached hydrogens (tertiary/aromatic N) is 1. The van der Waals surface area contributed by atoms with Crippen LogP contribution in [-0.2, 0) is 47.2 Å². The van der Waals surface area contributed by atoms with Gasteiger partial charge in [0.05, 0.1) is 23.7 Å². The van der Waals surface area contributed by atoms with E-state index < -0.39 is 91.6 Å². The first-order valence-corrected chi connectivity index (χ1v) is 20.4. The number of ketones is 2. The number of ether oxygens (including phenoxy) is 6. The molecule has 13 atom stereocenters. The number of fused-ring (bicyclic) bond motifs is 1. The lowest BCUT2D eigenvalue weighted by atomic mass is 9.74. The number of methoxy groups -OCH3 is 1. The van der Waals surface area contributed by atoms with E-state index in [1.807, 2.05) is 25.9 Å². The largest absolute Gasteiger partial charge is 0.509 e. The van der Waals surface area contributed by atoms with Gasteiger partial charge < -0.3 is 37.7 Å². The van der Waals surface area contributed by atoms with Crippen molar-refractivity contribution in [3.8, 4) is 0 Å². The Labute approximate surface area is 286 Å². The third kappa shape index (κ3) is 8.15. The number of carbonyl (C=O) groups is 4. The number of hydrogen-bond donors (Lipinski definition) is 0.